The lowest BCUT2D eigenvalue weighted by Crippen LogP contribution is -2.40. The van der Waals surface area contributed by atoms with Gasteiger partial charge in [0.2, 0.25) is 5.91 Å². The Hall–Kier alpha value is -2.11. The van der Waals surface area contributed by atoms with Crippen molar-refractivity contribution >= 4 is 18.3 Å². The zero-order chi connectivity index (χ0) is 16.8. The summed E-state index contributed by atoms with van der Waals surface area (Å²) >= 11 is 0. The molecule has 1 unspecified atom stereocenters. The minimum atomic E-state index is -0.594. The molecule has 130 valence electrons. The molecular weight excluding hydrogens is 331 g/mol. The van der Waals surface area contributed by atoms with Gasteiger partial charge in [0.05, 0.1) is 19.2 Å². The number of benzene rings is 2. The number of methoxy groups -OCH3 is 1. The van der Waals surface area contributed by atoms with E-state index in [1.165, 1.54) is 12.1 Å². The van der Waals surface area contributed by atoms with Gasteiger partial charge in [-0.1, -0.05) is 24.3 Å². The van der Waals surface area contributed by atoms with Gasteiger partial charge in [-0.3, -0.25) is 4.79 Å². The molecule has 2 aromatic carbocycles. The molecule has 0 fully saturated rings. The number of nitrogens with one attached hydrogen (secondary N) is 1. The SMILES string of the molecule is COc1ccc(C(Cc2ccc(F)cc2)NC(=O)[C@@H](C)N)cc1.Cl. The summed E-state index contributed by atoms with van der Waals surface area (Å²) in [5.74, 6) is 0.232. The van der Waals surface area contributed by atoms with Crippen LogP contribution in [0.25, 0.3) is 0 Å². The molecule has 24 heavy (non-hydrogen) atoms. The molecule has 0 saturated heterocycles. The van der Waals surface area contributed by atoms with Gasteiger partial charge in [-0.05, 0) is 48.7 Å². The van der Waals surface area contributed by atoms with E-state index >= 15 is 0 Å². The van der Waals surface area contributed by atoms with Crippen molar-refractivity contribution in [3.63, 3.8) is 0 Å². The lowest BCUT2D eigenvalue weighted by Gasteiger charge is -2.21. The van der Waals surface area contributed by atoms with Crippen molar-refractivity contribution < 1.29 is 13.9 Å². The molecule has 0 aliphatic heterocycles. The van der Waals surface area contributed by atoms with Crippen molar-refractivity contribution in [3.05, 3.63) is 65.5 Å². The summed E-state index contributed by atoms with van der Waals surface area (Å²) in [6.45, 7) is 1.64. The van der Waals surface area contributed by atoms with Crippen LogP contribution < -0.4 is 15.8 Å². The van der Waals surface area contributed by atoms with Gasteiger partial charge < -0.3 is 15.8 Å². The lowest BCUT2D eigenvalue weighted by molar-refractivity contribution is -0.122. The van der Waals surface area contributed by atoms with E-state index in [0.29, 0.717) is 6.42 Å². The van der Waals surface area contributed by atoms with Crippen molar-refractivity contribution in [2.75, 3.05) is 7.11 Å². The lowest BCUT2D eigenvalue weighted by atomic mass is 9.98. The predicted molar refractivity (Wildman–Crippen MR) is 94.9 cm³/mol. The third-order valence-electron chi connectivity index (χ3n) is 3.60. The summed E-state index contributed by atoms with van der Waals surface area (Å²) in [5.41, 5.74) is 7.50. The van der Waals surface area contributed by atoms with E-state index in [-0.39, 0.29) is 30.2 Å². The third kappa shape index (κ3) is 5.51. The topological polar surface area (TPSA) is 64.3 Å². The molecule has 3 N–H and O–H groups in total. The van der Waals surface area contributed by atoms with E-state index < -0.39 is 6.04 Å². The second kappa shape index (κ2) is 9.25. The van der Waals surface area contributed by atoms with E-state index in [1.807, 2.05) is 24.3 Å². The summed E-state index contributed by atoms with van der Waals surface area (Å²) in [4.78, 5) is 12.0. The van der Waals surface area contributed by atoms with E-state index in [9.17, 15) is 9.18 Å². The molecule has 0 spiro atoms. The van der Waals surface area contributed by atoms with Crippen molar-refractivity contribution in [1.82, 2.24) is 5.32 Å². The van der Waals surface area contributed by atoms with Crippen LogP contribution in [0.2, 0.25) is 0 Å². The summed E-state index contributed by atoms with van der Waals surface area (Å²) in [6.07, 6.45) is 0.547. The van der Waals surface area contributed by atoms with Crippen molar-refractivity contribution in [2.45, 2.75) is 25.4 Å². The fourth-order valence-corrected chi connectivity index (χ4v) is 2.25. The van der Waals surface area contributed by atoms with E-state index in [0.717, 1.165) is 16.9 Å². The molecule has 0 saturated carbocycles. The van der Waals surface area contributed by atoms with Crippen LogP contribution in [0, 0.1) is 5.82 Å². The fraction of sp³-hybridized carbons (Fsp3) is 0.278. The van der Waals surface area contributed by atoms with Gasteiger partial charge >= 0.3 is 0 Å². The van der Waals surface area contributed by atoms with Crippen molar-refractivity contribution in [2.24, 2.45) is 5.73 Å². The smallest absolute Gasteiger partial charge is 0.237 e. The van der Waals surface area contributed by atoms with Crippen LogP contribution in [0.15, 0.2) is 48.5 Å². The Labute approximate surface area is 147 Å². The highest BCUT2D eigenvalue weighted by Gasteiger charge is 2.17. The average Bonchev–Trinajstić information content (AvgIpc) is 2.56. The number of amides is 1. The second-order valence-corrected chi connectivity index (χ2v) is 5.45. The van der Waals surface area contributed by atoms with Crippen LogP contribution in [-0.4, -0.2) is 19.1 Å². The Morgan fingerprint density at radius 3 is 2.25 bits per heavy atom. The number of hydrogen-bond donors (Lipinski definition) is 2. The maximum absolute atomic E-state index is 13.0. The molecule has 2 aromatic rings. The maximum atomic E-state index is 13.0. The van der Waals surface area contributed by atoms with Gasteiger partial charge in [-0.2, -0.15) is 0 Å². The molecule has 2 atom stereocenters. The van der Waals surface area contributed by atoms with Crippen LogP contribution >= 0.6 is 12.4 Å². The monoisotopic (exact) mass is 352 g/mol. The van der Waals surface area contributed by atoms with E-state index in [1.54, 1.807) is 26.2 Å². The molecular formula is C18H22ClFN2O2. The first kappa shape index (κ1) is 19.9. The average molecular weight is 353 g/mol. The van der Waals surface area contributed by atoms with Gasteiger partial charge in [0.1, 0.15) is 11.6 Å². The predicted octanol–water partition coefficient (Wildman–Crippen LogP) is 3.00. The first-order chi connectivity index (χ1) is 11.0. The zero-order valence-corrected chi connectivity index (χ0v) is 14.5. The van der Waals surface area contributed by atoms with Crippen molar-refractivity contribution in [1.29, 1.82) is 0 Å². The minimum absolute atomic E-state index is 0. The number of ether oxygens (including phenoxy) is 1. The Morgan fingerprint density at radius 2 is 1.75 bits per heavy atom. The fourth-order valence-electron chi connectivity index (χ4n) is 2.25. The number of carbonyl (C=O) groups excluding carboxylic acids is 1. The van der Waals surface area contributed by atoms with Gasteiger partial charge in [0, 0.05) is 0 Å². The Bertz CT molecular complexity index is 645. The summed E-state index contributed by atoms with van der Waals surface area (Å²) in [6, 6.07) is 12.9. The van der Waals surface area contributed by atoms with Crippen LogP contribution in [0.3, 0.4) is 0 Å². The summed E-state index contributed by atoms with van der Waals surface area (Å²) in [5, 5.41) is 2.93. The minimum Gasteiger partial charge on any atom is -0.497 e. The molecule has 0 heterocycles. The van der Waals surface area contributed by atoms with Gasteiger partial charge in [0.25, 0.3) is 0 Å². The summed E-state index contributed by atoms with van der Waals surface area (Å²) < 4.78 is 18.2. The largest absolute Gasteiger partial charge is 0.497 e. The van der Waals surface area contributed by atoms with Gasteiger partial charge in [-0.15, -0.1) is 12.4 Å². The quantitative estimate of drug-likeness (QED) is 0.840. The second-order valence-electron chi connectivity index (χ2n) is 5.45. The molecule has 0 aliphatic rings. The maximum Gasteiger partial charge on any atom is 0.237 e. The Balaban J connectivity index is 0.00000288. The Morgan fingerprint density at radius 1 is 1.17 bits per heavy atom. The summed E-state index contributed by atoms with van der Waals surface area (Å²) in [7, 11) is 1.60. The molecule has 0 bridgehead atoms. The Kier molecular flexibility index (Phi) is 7.68. The zero-order valence-electron chi connectivity index (χ0n) is 13.7. The van der Waals surface area contributed by atoms with Gasteiger partial charge in [-0.25, -0.2) is 4.39 Å². The van der Waals surface area contributed by atoms with Crippen LogP contribution in [0.1, 0.15) is 24.1 Å². The number of halogens is 2. The van der Waals surface area contributed by atoms with E-state index in [4.69, 9.17) is 10.5 Å². The molecule has 0 aliphatic carbocycles. The van der Waals surface area contributed by atoms with Crippen LogP contribution in [0.5, 0.6) is 5.75 Å². The first-order valence-corrected chi connectivity index (χ1v) is 7.44. The highest BCUT2D eigenvalue weighted by Crippen LogP contribution is 2.21. The highest BCUT2D eigenvalue weighted by atomic mass is 35.5. The molecule has 4 nitrogen and oxygen atoms in total. The molecule has 6 heteroatoms. The highest BCUT2D eigenvalue weighted by molar-refractivity contribution is 5.85. The van der Waals surface area contributed by atoms with Crippen molar-refractivity contribution in [3.8, 4) is 5.75 Å². The number of rotatable bonds is 6. The number of carbonyl (C=O) groups is 1. The molecule has 1 amide bonds. The molecule has 0 aromatic heterocycles. The number of hydrogen-bond acceptors (Lipinski definition) is 3. The van der Waals surface area contributed by atoms with E-state index in [2.05, 4.69) is 5.32 Å². The standard InChI is InChI=1S/C18H21FN2O2.ClH/c1-12(20)18(22)21-17(11-13-3-7-15(19)8-4-13)14-5-9-16(23-2)10-6-14;/h3-10,12,17H,11,20H2,1-2H3,(H,21,22);1H/t12-,17?;/m1./s1. The normalized spacial score (nSPS) is 12.7. The van der Waals surface area contributed by atoms with Crippen LogP contribution in [-0.2, 0) is 11.2 Å². The van der Waals surface area contributed by atoms with Gasteiger partial charge in [0.15, 0.2) is 0 Å². The van der Waals surface area contributed by atoms with Crippen LogP contribution in [0.4, 0.5) is 4.39 Å². The first-order valence-electron chi connectivity index (χ1n) is 7.44. The third-order valence-corrected chi connectivity index (χ3v) is 3.60. The number of nitrogens with two attached hydrogens (primary N) is 1. The molecule has 2 rings (SSSR count). The molecule has 0 radical (unpaired) electrons.